The van der Waals surface area contributed by atoms with Gasteiger partial charge in [-0.15, -0.1) is 10.2 Å². The van der Waals surface area contributed by atoms with Gasteiger partial charge in [-0.3, -0.25) is 0 Å². The maximum atomic E-state index is 5.31. The van der Waals surface area contributed by atoms with Crippen molar-refractivity contribution >= 4 is 32.6 Å². The molecule has 1 aliphatic carbocycles. The van der Waals surface area contributed by atoms with E-state index in [1.54, 1.807) is 4.80 Å². The number of fused-ring (bicyclic) bond motifs is 8. The Morgan fingerprint density at radius 2 is 0.917 bits per heavy atom. The summed E-state index contributed by atoms with van der Waals surface area (Å²) in [6.07, 6.45) is 0. The van der Waals surface area contributed by atoms with Crippen LogP contribution in [-0.4, -0.2) is 29.9 Å². The minimum absolute atomic E-state index is 0.546. The third-order valence-corrected chi connectivity index (χ3v) is 12.0. The third kappa shape index (κ3) is 5.24. The molecule has 9 aromatic carbocycles. The van der Waals surface area contributed by atoms with Gasteiger partial charge >= 0.3 is 0 Å². The van der Waals surface area contributed by atoms with Gasteiger partial charge in [-0.25, -0.2) is 15.0 Å². The molecule has 0 radical (unpaired) electrons. The summed E-state index contributed by atoms with van der Waals surface area (Å²) in [5.41, 5.74) is 12.1. The van der Waals surface area contributed by atoms with E-state index in [2.05, 4.69) is 152 Å². The maximum Gasteiger partial charge on any atom is 0.164 e. The summed E-state index contributed by atoms with van der Waals surface area (Å²) in [5.74, 6) is 1.82. The minimum Gasteiger partial charge on any atom is -0.208 e. The van der Waals surface area contributed by atoms with Gasteiger partial charge in [-0.05, 0) is 79.9 Å². The molecule has 0 unspecified atom stereocenters. The van der Waals surface area contributed by atoms with Crippen molar-refractivity contribution in [3.05, 3.63) is 229 Å². The molecule has 0 atom stereocenters. The molecule has 60 heavy (non-hydrogen) atoms. The second-order valence-corrected chi connectivity index (χ2v) is 15.3. The maximum absolute atomic E-state index is 5.31. The van der Waals surface area contributed by atoms with Crippen molar-refractivity contribution in [1.82, 2.24) is 29.9 Å². The van der Waals surface area contributed by atoms with E-state index in [1.807, 2.05) is 54.6 Å². The second-order valence-electron chi connectivity index (χ2n) is 15.3. The van der Waals surface area contributed by atoms with Crippen LogP contribution >= 0.6 is 0 Å². The first-order valence-corrected chi connectivity index (χ1v) is 20.2. The van der Waals surface area contributed by atoms with Crippen molar-refractivity contribution in [3.8, 4) is 51.0 Å². The summed E-state index contributed by atoms with van der Waals surface area (Å²) in [6, 6.07) is 72.4. The van der Waals surface area contributed by atoms with Crippen LogP contribution in [0.5, 0.6) is 0 Å². The predicted octanol–water partition coefficient (Wildman–Crippen LogP) is 12.3. The van der Waals surface area contributed by atoms with Gasteiger partial charge in [0, 0.05) is 22.1 Å². The summed E-state index contributed by atoms with van der Waals surface area (Å²) < 4.78 is 0. The molecular formula is C54H34N6. The Kier molecular flexibility index (Phi) is 7.65. The summed E-state index contributed by atoms with van der Waals surface area (Å²) in [4.78, 5) is 17.4. The summed E-state index contributed by atoms with van der Waals surface area (Å²) in [7, 11) is 0. The van der Waals surface area contributed by atoms with E-state index in [4.69, 9.17) is 25.1 Å². The van der Waals surface area contributed by atoms with Crippen LogP contribution in [0.25, 0.3) is 83.6 Å². The number of nitrogens with zero attached hydrogens (tertiary/aromatic N) is 6. The molecule has 12 rings (SSSR count). The van der Waals surface area contributed by atoms with Gasteiger partial charge in [0.05, 0.1) is 11.1 Å². The summed E-state index contributed by atoms with van der Waals surface area (Å²) in [6.45, 7) is 0. The lowest BCUT2D eigenvalue weighted by atomic mass is 9.67. The highest BCUT2D eigenvalue weighted by Crippen LogP contribution is 2.56. The van der Waals surface area contributed by atoms with Crippen LogP contribution in [0.15, 0.2) is 206 Å². The summed E-state index contributed by atoms with van der Waals surface area (Å²) in [5, 5.41) is 14.2. The van der Waals surface area contributed by atoms with Gasteiger partial charge in [0.25, 0.3) is 0 Å². The molecule has 2 heterocycles. The first-order valence-electron chi connectivity index (χ1n) is 20.2. The van der Waals surface area contributed by atoms with Crippen molar-refractivity contribution in [2.75, 3.05) is 0 Å². The van der Waals surface area contributed by atoms with Crippen molar-refractivity contribution in [2.45, 2.75) is 5.41 Å². The lowest BCUT2D eigenvalue weighted by Gasteiger charge is -2.34. The molecule has 2 aromatic heterocycles. The van der Waals surface area contributed by atoms with Crippen LogP contribution in [0.1, 0.15) is 22.3 Å². The molecule has 0 saturated heterocycles. The molecule has 0 fully saturated rings. The fraction of sp³-hybridized carbons (Fsp3) is 0.0185. The minimum atomic E-state index is -0.546. The fourth-order valence-corrected chi connectivity index (χ4v) is 9.27. The van der Waals surface area contributed by atoms with Crippen molar-refractivity contribution in [2.24, 2.45) is 0 Å². The lowest BCUT2D eigenvalue weighted by molar-refractivity contribution is 0.766. The van der Waals surface area contributed by atoms with E-state index in [-0.39, 0.29) is 0 Å². The SMILES string of the molecule is c1ccc(-c2nc(-c3ccc4c(c3)C(c3ccccc3)(c3ccccc3)c3ccccc3-4)nc(-c3ccc4ccc5ccc6nn(-c7ccccc7)nc6c5c4c3)n2)cc1. The Morgan fingerprint density at radius 3 is 1.63 bits per heavy atom. The second kappa shape index (κ2) is 13.5. The van der Waals surface area contributed by atoms with Gasteiger partial charge in [0.2, 0.25) is 0 Å². The number of rotatable bonds is 6. The predicted molar refractivity (Wildman–Crippen MR) is 241 cm³/mol. The molecule has 0 aliphatic heterocycles. The largest absolute Gasteiger partial charge is 0.208 e. The van der Waals surface area contributed by atoms with Gasteiger partial charge in [0.1, 0.15) is 11.0 Å². The van der Waals surface area contributed by atoms with Crippen molar-refractivity contribution in [3.63, 3.8) is 0 Å². The van der Waals surface area contributed by atoms with Crippen LogP contribution < -0.4 is 0 Å². The zero-order valence-corrected chi connectivity index (χ0v) is 32.3. The van der Waals surface area contributed by atoms with E-state index < -0.39 is 5.41 Å². The average Bonchev–Trinajstić information content (AvgIpc) is 3.90. The zero-order valence-electron chi connectivity index (χ0n) is 32.3. The highest BCUT2D eigenvalue weighted by Gasteiger charge is 2.46. The lowest BCUT2D eigenvalue weighted by Crippen LogP contribution is -2.28. The molecule has 0 saturated carbocycles. The average molecular weight is 767 g/mol. The van der Waals surface area contributed by atoms with E-state index in [0.29, 0.717) is 17.5 Å². The van der Waals surface area contributed by atoms with E-state index >= 15 is 0 Å². The van der Waals surface area contributed by atoms with Crippen LogP contribution in [0.4, 0.5) is 0 Å². The number of hydrogen-bond donors (Lipinski definition) is 0. The quantitative estimate of drug-likeness (QED) is 0.158. The Balaban J connectivity index is 1.08. The first kappa shape index (κ1) is 34.0. The highest BCUT2D eigenvalue weighted by atomic mass is 15.5. The molecule has 0 amide bonds. The highest BCUT2D eigenvalue weighted by molar-refractivity contribution is 6.18. The normalized spacial score (nSPS) is 12.8. The Morgan fingerprint density at radius 1 is 0.383 bits per heavy atom. The number of para-hydroxylation sites is 1. The molecule has 280 valence electrons. The molecule has 1 aliphatic rings. The standard InChI is InChI=1S/C54H34N6/c1-5-15-37(16-6-1)51-55-52(38-28-26-35-25-27-36-30-32-48-50(49(36)45(35)33-38)59-60(58-48)42-21-11-4-12-22-42)57-53(56-51)39-29-31-44-43-23-13-14-24-46(43)54(47(44)34-39,40-17-7-2-8-18-40)41-19-9-3-10-20-41/h1-34H. The monoisotopic (exact) mass is 766 g/mol. The fourth-order valence-electron chi connectivity index (χ4n) is 9.27. The third-order valence-electron chi connectivity index (χ3n) is 12.0. The molecule has 11 aromatic rings. The van der Waals surface area contributed by atoms with Gasteiger partial charge in [0.15, 0.2) is 17.5 Å². The van der Waals surface area contributed by atoms with Crippen LogP contribution in [0, 0.1) is 0 Å². The number of hydrogen-bond acceptors (Lipinski definition) is 5. The Bertz CT molecular complexity index is 3380. The van der Waals surface area contributed by atoms with Gasteiger partial charge in [-0.2, -0.15) is 4.80 Å². The Hall–Kier alpha value is -8.09. The summed E-state index contributed by atoms with van der Waals surface area (Å²) >= 11 is 0. The molecular weight excluding hydrogens is 733 g/mol. The number of benzene rings is 9. The van der Waals surface area contributed by atoms with Gasteiger partial charge in [-0.1, -0.05) is 176 Å². The zero-order chi connectivity index (χ0) is 39.6. The molecule has 0 bridgehead atoms. The van der Waals surface area contributed by atoms with Crippen molar-refractivity contribution in [1.29, 1.82) is 0 Å². The smallest absolute Gasteiger partial charge is 0.164 e. The van der Waals surface area contributed by atoms with Crippen LogP contribution in [0.3, 0.4) is 0 Å². The Labute approximate surface area is 346 Å². The number of aromatic nitrogens is 6. The molecule has 0 spiro atoms. The van der Waals surface area contributed by atoms with E-state index in [0.717, 1.165) is 55.0 Å². The first-order chi connectivity index (χ1) is 29.7. The van der Waals surface area contributed by atoms with E-state index in [1.165, 1.54) is 33.4 Å². The van der Waals surface area contributed by atoms with Crippen molar-refractivity contribution < 1.29 is 0 Å². The van der Waals surface area contributed by atoms with E-state index in [9.17, 15) is 0 Å². The van der Waals surface area contributed by atoms with Crippen LogP contribution in [0.2, 0.25) is 0 Å². The molecule has 0 N–H and O–H groups in total. The topological polar surface area (TPSA) is 69.4 Å². The van der Waals surface area contributed by atoms with Crippen LogP contribution in [-0.2, 0) is 5.41 Å². The molecule has 6 heteroatoms. The van der Waals surface area contributed by atoms with Gasteiger partial charge < -0.3 is 0 Å². The molecule has 6 nitrogen and oxygen atoms in total.